The second-order valence-electron chi connectivity index (χ2n) is 5.09. The second kappa shape index (κ2) is 7.51. The van der Waals surface area contributed by atoms with E-state index in [0.717, 1.165) is 0 Å². The van der Waals surface area contributed by atoms with Crippen molar-refractivity contribution in [2.75, 3.05) is 12.4 Å². The molecule has 0 saturated carbocycles. The number of aromatic nitrogens is 1. The number of nitrogens with one attached hydrogen (secondary N) is 1. The largest absolute Gasteiger partial charge is 0.326 e. The molecule has 1 saturated heterocycles. The first-order valence-electron chi connectivity index (χ1n) is 7.11. The van der Waals surface area contributed by atoms with E-state index in [4.69, 9.17) is 11.6 Å². The highest BCUT2D eigenvalue weighted by Gasteiger charge is 2.37. The molecule has 0 spiro atoms. The molecule has 1 aliphatic heterocycles. The van der Waals surface area contributed by atoms with Gasteiger partial charge in [0, 0.05) is 30.7 Å². The van der Waals surface area contributed by atoms with Crippen molar-refractivity contribution < 1.29 is 14.0 Å². The number of carbonyl (C=O) groups excluding carboxylic acids is 2. The Morgan fingerprint density at radius 1 is 1.52 bits per heavy atom. The van der Waals surface area contributed by atoms with Gasteiger partial charge in [0.15, 0.2) is 5.17 Å². The summed E-state index contributed by atoms with van der Waals surface area (Å²) in [6.45, 7) is 0. The molecule has 1 aromatic carbocycles. The second-order valence-corrected chi connectivity index (χ2v) is 7.54. The van der Waals surface area contributed by atoms with Gasteiger partial charge in [-0.3, -0.25) is 14.5 Å². The number of hydrogen-bond donors (Lipinski definition) is 1. The molecule has 2 heterocycles. The number of aliphatic imine (C=N–C) groups is 1. The van der Waals surface area contributed by atoms with Crippen LogP contribution in [0, 0.1) is 5.82 Å². The maximum atomic E-state index is 13.1. The van der Waals surface area contributed by atoms with Crippen molar-refractivity contribution in [2.24, 2.45) is 4.99 Å². The smallest absolute Gasteiger partial charge is 0.242 e. The van der Waals surface area contributed by atoms with Crippen LogP contribution in [0.4, 0.5) is 15.2 Å². The first-order valence-corrected chi connectivity index (χ1v) is 9.25. The average molecular weight is 399 g/mol. The molecule has 1 N–H and O–H groups in total. The van der Waals surface area contributed by atoms with Crippen LogP contribution in [0.2, 0.25) is 5.02 Å². The van der Waals surface area contributed by atoms with E-state index < -0.39 is 11.1 Å². The number of amidine groups is 1. The van der Waals surface area contributed by atoms with Gasteiger partial charge >= 0.3 is 0 Å². The number of halogens is 2. The third-order valence-electron chi connectivity index (χ3n) is 3.33. The Balaban J connectivity index is 1.65. The molecule has 3 rings (SSSR count). The summed E-state index contributed by atoms with van der Waals surface area (Å²) < 4.78 is 13.1. The van der Waals surface area contributed by atoms with Crippen molar-refractivity contribution in [2.45, 2.75) is 11.7 Å². The summed E-state index contributed by atoms with van der Waals surface area (Å²) in [7, 11) is 1.61. The van der Waals surface area contributed by atoms with Gasteiger partial charge in [-0.2, -0.15) is 4.99 Å². The van der Waals surface area contributed by atoms with Crippen molar-refractivity contribution in [1.82, 2.24) is 9.88 Å². The SMILES string of the molecule is CN1C(=O)C(CC(=O)Nc2ccc(F)c(Cl)c2)SC1=Nc1nccs1. The van der Waals surface area contributed by atoms with Crippen LogP contribution in [0.25, 0.3) is 0 Å². The monoisotopic (exact) mass is 398 g/mol. The van der Waals surface area contributed by atoms with E-state index in [2.05, 4.69) is 15.3 Å². The molecule has 2 amide bonds. The van der Waals surface area contributed by atoms with Gasteiger partial charge in [-0.15, -0.1) is 11.3 Å². The normalized spacial score (nSPS) is 18.8. The van der Waals surface area contributed by atoms with Crippen LogP contribution < -0.4 is 5.32 Å². The highest BCUT2D eigenvalue weighted by atomic mass is 35.5. The summed E-state index contributed by atoms with van der Waals surface area (Å²) in [6, 6.07) is 3.89. The molecule has 1 atom stereocenters. The Hall–Kier alpha value is -1.97. The number of carbonyl (C=O) groups is 2. The summed E-state index contributed by atoms with van der Waals surface area (Å²) in [4.78, 5) is 34.2. The molecule has 1 aliphatic rings. The van der Waals surface area contributed by atoms with E-state index in [9.17, 15) is 14.0 Å². The number of rotatable bonds is 4. The zero-order chi connectivity index (χ0) is 18.0. The van der Waals surface area contributed by atoms with Gasteiger partial charge < -0.3 is 5.32 Å². The number of hydrogen-bond acceptors (Lipinski definition) is 6. The van der Waals surface area contributed by atoms with Crippen molar-refractivity contribution in [3.63, 3.8) is 0 Å². The predicted octanol–water partition coefficient (Wildman–Crippen LogP) is 3.53. The standard InChI is InChI=1S/C15H12ClFN4O2S2/c1-21-13(23)11(25-15(21)20-14-18-4-5-24-14)7-12(22)19-8-2-3-10(17)9(16)6-8/h2-6,11H,7H2,1H3,(H,19,22). The van der Waals surface area contributed by atoms with Crippen LogP contribution in [-0.2, 0) is 9.59 Å². The Morgan fingerprint density at radius 2 is 2.32 bits per heavy atom. The van der Waals surface area contributed by atoms with E-state index in [1.54, 1.807) is 18.6 Å². The van der Waals surface area contributed by atoms with E-state index in [0.29, 0.717) is 16.0 Å². The number of anilines is 1. The lowest BCUT2D eigenvalue weighted by molar-refractivity contribution is -0.127. The zero-order valence-electron chi connectivity index (χ0n) is 12.9. The Bertz CT molecular complexity index is 844. The van der Waals surface area contributed by atoms with Crippen molar-refractivity contribution in [3.8, 4) is 0 Å². The molecular weight excluding hydrogens is 387 g/mol. The van der Waals surface area contributed by atoms with Crippen LogP contribution in [0.15, 0.2) is 34.8 Å². The molecular formula is C15H12ClFN4O2S2. The molecule has 10 heteroatoms. The fourth-order valence-electron chi connectivity index (χ4n) is 2.10. The minimum atomic E-state index is -0.570. The van der Waals surface area contributed by atoms with Crippen LogP contribution >= 0.6 is 34.7 Å². The summed E-state index contributed by atoms with van der Waals surface area (Å²) in [5, 5.41) is 4.80. The molecule has 1 aromatic heterocycles. The van der Waals surface area contributed by atoms with Gasteiger partial charge in [-0.1, -0.05) is 23.4 Å². The minimum absolute atomic E-state index is 0.0281. The molecule has 1 fully saturated rings. The molecule has 0 bridgehead atoms. The zero-order valence-corrected chi connectivity index (χ0v) is 15.3. The number of thiazole rings is 1. The van der Waals surface area contributed by atoms with E-state index in [1.807, 2.05) is 0 Å². The van der Waals surface area contributed by atoms with Gasteiger partial charge in [0.25, 0.3) is 0 Å². The van der Waals surface area contributed by atoms with Crippen molar-refractivity contribution in [3.05, 3.63) is 40.6 Å². The first kappa shape index (κ1) is 17.8. The number of amides is 2. The van der Waals surface area contributed by atoms with Crippen LogP contribution in [0.3, 0.4) is 0 Å². The molecule has 1 unspecified atom stereocenters. The third kappa shape index (κ3) is 4.17. The molecule has 25 heavy (non-hydrogen) atoms. The highest BCUT2D eigenvalue weighted by Crippen LogP contribution is 2.31. The minimum Gasteiger partial charge on any atom is -0.326 e. The molecule has 130 valence electrons. The van der Waals surface area contributed by atoms with Crippen molar-refractivity contribution in [1.29, 1.82) is 0 Å². The number of benzene rings is 1. The van der Waals surface area contributed by atoms with E-state index in [-0.39, 0.29) is 23.3 Å². The quantitative estimate of drug-likeness (QED) is 0.854. The lowest BCUT2D eigenvalue weighted by Gasteiger charge is -2.09. The topological polar surface area (TPSA) is 74.7 Å². The summed E-state index contributed by atoms with van der Waals surface area (Å²) in [5.74, 6) is -1.13. The summed E-state index contributed by atoms with van der Waals surface area (Å²) in [6.07, 6.45) is 1.60. The van der Waals surface area contributed by atoms with E-state index >= 15 is 0 Å². The predicted molar refractivity (Wildman–Crippen MR) is 98.0 cm³/mol. The molecule has 2 aromatic rings. The summed E-state index contributed by atoms with van der Waals surface area (Å²) in [5.41, 5.74) is 0.372. The maximum absolute atomic E-state index is 13.1. The highest BCUT2D eigenvalue weighted by molar-refractivity contribution is 8.15. The van der Waals surface area contributed by atoms with Crippen LogP contribution in [-0.4, -0.2) is 39.2 Å². The first-order chi connectivity index (χ1) is 11.9. The summed E-state index contributed by atoms with van der Waals surface area (Å²) >= 11 is 8.26. The molecule has 0 radical (unpaired) electrons. The number of thioether (sulfide) groups is 1. The fraction of sp³-hybridized carbons (Fsp3) is 0.200. The number of nitrogens with zero attached hydrogens (tertiary/aromatic N) is 3. The Morgan fingerprint density at radius 3 is 3.00 bits per heavy atom. The molecule has 0 aliphatic carbocycles. The maximum Gasteiger partial charge on any atom is 0.242 e. The van der Waals surface area contributed by atoms with E-state index in [1.165, 1.54) is 46.2 Å². The lowest BCUT2D eigenvalue weighted by Crippen LogP contribution is -2.30. The van der Waals surface area contributed by atoms with Gasteiger partial charge in [-0.25, -0.2) is 9.37 Å². The average Bonchev–Trinajstić information content (AvgIpc) is 3.16. The van der Waals surface area contributed by atoms with Gasteiger partial charge in [0.05, 0.1) is 5.02 Å². The van der Waals surface area contributed by atoms with Gasteiger partial charge in [0.2, 0.25) is 16.9 Å². The van der Waals surface area contributed by atoms with Gasteiger partial charge in [-0.05, 0) is 18.2 Å². The Labute approximate surface area is 156 Å². The third-order valence-corrected chi connectivity index (χ3v) is 5.51. The molecule has 6 nitrogen and oxygen atoms in total. The van der Waals surface area contributed by atoms with Crippen molar-refractivity contribution >= 4 is 62.5 Å². The fourth-order valence-corrected chi connectivity index (χ4v) is 3.98. The van der Waals surface area contributed by atoms with Gasteiger partial charge in [0.1, 0.15) is 11.1 Å². The Kier molecular flexibility index (Phi) is 5.36. The van der Waals surface area contributed by atoms with Crippen LogP contribution in [0.5, 0.6) is 0 Å². The van der Waals surface area contributed by atoms with Crippen LogP contribution in [0.1, 0.15) is 6.42 Å². The lowest BCUT2D eigenvalue weighted by atomic mass is 10.2.